The topological polar surface area (TPSA) is 15.3 Å². The van der Waals surface area contributed by atoms with Gasteiger partial charge in [0.2, 0.25) is 0 Å². The van der Waals surface area contributed by atoms with E-state index in [2.05, 4.69) is 31.0 Å². The van der Waals surface area contributed by atoms with Crippen molar-refractivity contribution in [3.8, 4) is 0 Å². The summed E-state index contributed by atoms with van der Waals surface area (Å²) in [6, 6.07) is 1.49. The lowest BCUT2D eigenvalue weighted by molar-refractivity contribution is 0.153. The van der Waals surface area contributed by atoms with E-state index in [1.807, 2.05) is 0 Å². The minimum absolute atomic E-state index is 0.712. The molecule has 1 N–H and O–H groups in total. The Kier molecular flexibility index (Phi) is 6.83. The van der Waals surface area contributed by atoms with Crippen LogP contribution in [0.15, 0.2) is 0 Å². The Labute approximate surface area is 126 Å². The molecule has 1 aliphatic carbocycles. The largest absolute Gasteiger partial charge is 0.311 e. The van der Waals surface area contributed by atoms with Crippen LogP contribution < -0.4 is 5.32 Å². The van der Waals surface area contributed by atoms with Crippen molar-refractivity contribution in [2.75, 3.05) is 19.6 Å². The minimum Gasteiger partial charge on any atom is -0.311 e. The van der Waals surface area contributed by atoms with Crippen molar-refractivity contribution >= 4 is 0 Å². The van der Waals surface area contributed by atoms with E-state index in [0.717, 1.165) is 17.9 Å². The molecule has 3 atom stereocenters. The van der Waals surface area contributed by atoms with Gasteiger partial charge < -0.3 is 10.2 Å². The number of hydrogen-bond acceptors (Lipinski definition) is 2. The summed E-state index contributed by atoms with van der Waals surface area (Å²) in [4.78, 5) is 2.65. The highest BCUT2D eigenvalue weighted by Crippen LogP contribution is 2.26. The molecule has 1 heterocycles. The molecule has 2 nitrogen and oxygen atoms in total. The van der Waals surface area contributed by atoms with Gasteiger partial charge in [0.05, 0.1) is 0 Å². The van der Waals surface area contributed by atoms with Crippen molar-refractivity contribution in [2.24, 2.45) is 11.8 Å². The lowest BCUT2D eigenvalue weighted by Gasteiger charge is -2.37. The molecular weight excluding hydrogens is 244 g/mol. The number of rotatable bonds is 5. The molecular formula is C18H36N2. The van der Waals surface area contributed by atoms with Crippen LogP contribution in [0.1, 0.15) is 72.1 Å². The van der Waals surface area contributed by atoms with E-state index < -0.39 is 0 Å². The molecule has 3 unspecified atom stereocenters. The highest BCUT2D eigenvalue weighted by Gasteiger charge is 2.27. The van der Waals surface area contributed by atoms with Gasteiger partial charge in [0.1, 0.15) is 0 Å². The van der Waals surface area contributed by atoms with Crippen molar-refractivity contribution in [3.05, 3.63) is 0 Å². The van der Waals surface area contributed by atoms with Crippen LogP contribution in [-0.2, 0) is 0 Å². The average Bonchev–Trinajstić information content (AvgIpc) is 2.65. The normalized spacial score (nSPS) is 31.9. The zero-order valence-corrected chi connectivity index (χ0v) is 14.0. The van der Waals surface area contributed by atoms with E-state index in [0.29, 0.717) is 6.04 Å². The molecule has 2 aliphatic rings. The molecule has 0 amide bonds. The van der Waals surface area contributed by atoms with Gasteiger partial charge in [-0.1, -0.05) is 33.1 Å². The van der Waals surface area contributed by atoms with E-state index in [4.69, 9.17) is 0 Å². The first-order valence-corrected chi connectivity index (χ1v) is 9.19. The highest BCUT2D eigenvalue weighted by atomic mass is 15.1. The SMILES string of the molecule is CCCN1CCC(C(C)NC2CCCCCC2C)CC1. The lowest BCUT2D eigenvalue weighted by Crippen LogP contribution is -2.47. The number of nitrogens with one attached hydrogen (secondary N) is 1. The van der Waals surface area contributed by atoms with Crippen LogP contribution in [0, 0.1) is 11.8 Å². The molecule has 0 aromatic heterocycles. The standard InChI is InChI=1S/C18H36N2/c1-4-12-20-13-10-17(11-14-20)16(3)19-18-9-7-5-6-8-15(18)2/h15-19H,4-14H2,1-3H3. The van der Waals surface area contributed by atoms with Crippen molar-refractivity contribution in [1.29, 1.82) is 0 Å². The number of hydrogen-bond donors (Lipinski definition) is 1. The van der Waals surface area contributed by atoms with Gasteiger partial charge in [-0.15, -0.1) is 0 Å². The Morgan fingerprint density at radius 1 is 1.05 bits per heavy atom. The highest BCUT2D eigenvalue weighted by molar-refractivity contribution is 4.84. The number of piperidine rings is 1. The maximum absolute atomic E-state index is 4.01. The fourth-order valence-electron chi connectivity index (χ4n) is 4.21. The van der Waals surface area contributed by atoms with Gasteiger partial charge in [-0.2, -0.15) is 0 Å². The van der Waals surface area contributed by atoms with Crippen LogP contribution in [-0.4, -0.2) is 36.6 Å². The quantitative estimate of drug-likeness (QED) is 0.764. The Morgan fingerprint density at radius 3 is 2.45 bits per heavy atom. The molecule has 1 saturated carbocycles. The lowest BCUT2D eigenvalue weighted by atomic mass is 9.88. The first-order valence-electron chi connectivity index (χ1n) is 9.19. The molecule has 0 bridgehead atoms. The Balaban J connectivity index is 1.75. The van der Waals surface area contributed by atoms with Gasteiger partial charge in [-0.3, -0.25) is 0 Å². The predicted octanol–water partition coefficient (Wildman–Crippen LogP) is 4.06. The van der Waals surface area contributed by atoms with E-state index in [1.54, 1.807) is 0 Å². The third kappa shape index (κ3) is 4.73. The maximum atomic E-state index is 4.01. The molecule has 0 spiro atoms. The fraction of sp³-hybridized carbons (Fsp3) is 1.00. The smallest absolute Gasteiger partial charge is 0.00952 e. The molecule has 1 aliphatic heterocycles. The minimum atomic E-state index is 0.712. The van der Waals surface area contributed by atoms with Gasteiger partial charge in [-0.25, -0.2) is 0 Å². The zero-order chi connectivity index (χ0) is 14.4. The Bertz CT molecular complexity index is 258. The second-order valence-electron chi connectivity index (χ2n) is 7.36. The summed E-state index contributed by atoms with van der Waals surface area (Å²) >= 11 is 0. The summed E-state index contributed by atoms with van der Waals surface area (Å²) in [5, 5.41) is 4.01. The third-order valence-corrected chi connectivity index (χ3v) is 5.72. The Morgan fingerprint density at radius 2 is 1.75 bits per heavy atom. The van der Waals surface area contributed by atoms with Crippen LogP contribution in [0.2, 0.25) is 0 Å². The molecule has 2 rings (SSSR count). The molecule has 2 fully saturated rings. The summed E-state index contributed by atoms with van der Waals surface area (Å²) in [6.45, 7) is 11.1. The molecule has 0 radical (unpaired) electrons. The van der Waals surface area contributed by atoms with Gasteiger partial charge in [-0.05, 0) is 70.5 Å². The fourth-order valence-corrected chi connectivity index (χ4v) is 4.21. The van der Waals surface area contributed by atoms with E-state index >= 15 is 0 Å². The second-order valence-corrected chi connectivity index (χ2v) is 7.36. The van der Waals surface area contributed by atoms with E-state index in [-0.39, 0.29) is 0 Å². The summed E-state index contributed by atoms with van der Waals surface area (Å²) in [7, 11) is 0. The summed E-state index contributed by atoms with van der Waals surface area (Å²) in [5.41, 5.74) is 0. The number of likely N-dealkylation sites (tertiary alicyclic amines) is 1. The average molecular weight is 280 g/mol. The molecule has 2 heteroatoms. The van der Waals surface area contributed by atoms with Crippen molar-refractivity contribution in [2.45, 2.75) is 84.2 Å². The molecule has 0 aromatic rings. The van der Waals surface area contributed by atoms with Gasteiger partial charge in [0.25, 0.3) is 0 Å². The first-order chi connectivity index (χ1) is 9.70. The van der Waals surface area contributed by atoms with Crippen LogP contribution in [0.3, 0.4) is 0 Å². The Hall–Kier alpha value is -0.0800. The predicted molar refractivity (Wildman–Crippen MR) is 88.1 cm³/mol. The zero-order valence-electron chi connectivity index (χ0n) is 14.0. The van der Waals surface area contributed by atoms with Crippen molar-refractivity contribution in [1.82, 2.24) is 10.2 Å². The van der Waals surface area contributed by atoms with E-state index in [9.17, 15) is 0 Å². The van der Waals surface area contributed by atoms with Crippen LogP contribution in [0.4, 0.5) is 0 Å². The van der Waals surface area contributed by atoms with Crippen LogP contribution in [0.5, 0.6) is 0 Å². The van der Waals surface area contributed by atoms with Gasteiger partial charge >= 0.3 is 0 Å². The molecule has 1 saturated heterocycles. The summed E-state index contributed by atoms with van der Waals surface area (Å²) in [6.07, 6.45) is 11.3. The molecule has 0 aromatic carbocycles. The van der Waals surface area contributed by atoms with Crippen LogP contribution >= 0.6 is 0 Å². The number of nitrogens with zero attached hydrogens (tertiary/aromatic N) is 1. The molecule has 118 valence electrons. The summed E-state index contributed by atoms with van der Waals surface area (Å²) < 4.78 is 0. The molecule has 20 heavy (non-hydrogen) atoms. The van der Waals surface area contributed by atoms with Gasteiger partial charge in [0, 0.05) is 12.1 Å². The van der Waals surface area contributed by atoms with Crippen molar-refractivity contribution in [3.63, 3.8) is 0 Å². The first kappa shape index (κ1) is 16.3. The van der Waals surface area contributed by atoms with E-state index in [1.165, 1.54) is 71.0 Å². The third-order valence-electron chi connectivity index (χ3n) is 5.72. The van der Waals surface area contributed by atoms with Gasteiger partial charge in [0.15, 0.2) is 0 Å². The second kappa shape index (κ2) is 8.38. The van der Waals surface area contributed by atoms with Crippen molar-refractivity contribution < 1.29 is 0 Å². The van der Waals surface area contributed by atoms with Crippen LogP contribution in [0.25, 0.3) is 0 Å². The maximum Gasteiger partial charge on any atom is 0.00952 e. The monoisotopic (exact) mass is 280 g/mol. The summed E-state index contributed by atoms with van der Waals surface area (Å²) in [5.74, 6) is 1.78.